The lowest BCUT2D eigenvalue weighted by atomic mass is 10.0. The first-order valence-corrected chi connectivity index (χ1v) is 6.33. The third-order valence-corrected chi connectivity index (χ3v) is 3.15. The molecule has 2 rings (SSSR count). The van der Waals surface area contributed by atoms with E-state index in [9.17, 15) is 0 Å². The Bertz CT molecular complexity index is 358. The van der Waals surface area contributed by atoms with Crippen LogP contribution in [0.4, 0.5) is 0 Å². The maximum Gasteiger partial charge on any atom is 0.118 e. The van der Waals surface area contributed by atoms with Crippen molar-refractivity contribution >= 4 is 0 Å². The smallest absolute Gasteiger partial charge is 0.118 e. The van der Waals surface area contributed by atoms with Crippen LogP contribution < -0.4 is 10.5 Å². The molecule has 0 spiro atoms. The van der Waals surface area contributed by atoms with E-state index in [1.54, 1.807) is 7.11 Å². The van der Waals surface area contributed by atoms with Crippen molar-refractivity contribution < 1.29 is 14.2 Å². The Balaban J connectivity index is 2.07. The van der Waals surface area contributed by atoms with E-state index < -0.39 is 0 Å². The summed E-state index contributed by atoms with van der Waals surface area (Å²) in [5.74, 6) is 0.839. The zero-order valence-corrected chi connectivity index (χ0v) is 11.0. The second-order valence-corrected chi connectivity index (χ2v) is 4.67. The van der Waals surface area contributed by atoms with Crippen LogP contribution in [-0.4, -0.2) is 32.5 Å². The fraction of sp³-hybridized carbons (Fsp3) is 0.571. The molecule has 1 saturated heterocycles. The Kier molecular flexibility index (Phi) is 4.58. The van der Waals surface area contributed by atoms with Crippen molar-refractivity contribution in [2.45, 2.75) is 31.6 Å². The van der Waals surface area contributed by atoms with Crippen molar-refractivity contribution in [2.75, 3.05) is 20.3 Å². The molecule has 0 radical (unpaired) electrons. The summed E-state index contributed by atoms with van der Waals surface area (Å²) < 4.78 is 16.5. The van der Waals surface area contributed by atoms with Crippen LogP contribution in [-0.2, 0) is 9.47 Å². The molecule has 1 heterocycles. The molecule has 1 fully saturated rings. The Morgan fingerprint density at radius 3 is 2.56 bits per heavy atom. The molecule has 18 heavy (non-hydrogen) atoms. The topological polar surface area (TPSA) is 53.7 Å². The van der Waals surface area contributed by atoms with Gasteiger partial charge >= 0.3 is 0 Å². The molecule has 0 saturated carbocycles. The number of hydrogen-bond acceptors (Lipinski definition) is 4. The molecule has 0 aliphatic carbocycles. The van der Waals surface area contributed by atoms with Gasteiger partial charge in [-0.3, -0.25) is 0 Å². The van der Waals surface area contributed by atoms with Gasteiger partial charge in [0.25, 0.3) is 0 Å². The quantitative estimate of drug-likeness (QED) is 0.868. The van der Waals surface area contributed by atoms with Gasteiger partial charge in [-0.2, -0.15) is 0 Å². The Morgan fingerprint density at radius 2 is 2.06 bits per heavy atom. The molecule has 3 atom stereocenters. The summed E-state index contributed by atoms with van der Waals surface area (Å²) in [6.07, 6.45) is 1.00. The van der Waals surface area contributed by atoms with Gasteiger partial charge in [-0.05, 0) is 31.0 Å². The van der Waals surface area contributed by atoms with E-state index in [1.807, 2.05) is 31.2 Å². The molecule has 3 unspecified atom stereocenters. The maximum atomic E-state index is 6.04. The fourth-order valence-electron chi connectivity index (χ4n) is 2.13. The van der Waals surface area contributed by atoms with Crippen molar-refractivity contribution in [3.05, 3.63) is 29.8 Å². The lowest BCUT2D eigenvalue weighted by Crippen LogP contribution is -2.30. The van der Waals surface area contributed by atoms with Crippen LogP contribution in [0, 0.1) is 0 Å². The first-order chi connectivity index (χ1) is 8.70. The molecule has 2 N–H and O–H groups in total. The van der Waals surface area contributed by atoms with Crippen molar-refractivity contribution in [1.29, 1.82) is 0 Å². The average molecular weight is 251 g/mol. The molecule has 0 aromatic heterocycles. The van der Waals surface area contributed by atoms with Gasteiger partial charge in [-0.15, -0.1) is 0 Å². The van der Waals surface area contributed by atoms with Gasteiger partial charge in [0.2, 0.25) is 0 Å². The van der Waals surface area contributed by atoms with Crippen LogP contribution in [0.2, 0.25) is 0 Å². The van der Waals surface area contributed by atoms with Crippen LogP contribution in [0.5, 0.6) is 5.75 Å². The minimum Gasteiger partial charge on any atom is -0.497 e. The summed E-state index contributed by atoms with van der Waals surface area (Å²) >= 11 is 0. The Hall–Kier alpha value is -1.10. The highest BCUT2D eigenvalue weighted by Gasteiger charge is 2.24. The standard InChI is InChI=1S/C14H21NO3/c1-10(15)14(18-13-7-8-17-9-13)11-3-5-12(16-2)6-4-11/h3-6,10,13-14H,7-9,15H2,1-2H3. The highest BCUT2D eigenvalue weighted by atomic mass is 16.6. The van der Waals surface area contributed by atoms with Crippen LogP contribution in [0.1, 0.15) is 25.0 Å². The van der Waals surface area contributed by atoms with Gasteiger partial charge in [0, 0.05) is 12.6 Å². The molecular weight excluding hydrogens is 230 g/mol. The Labute approximate surface area is 108 Å². The molecule has 100 valence electrons. The van der Waals surface area contributed by atoms with Crippen molar-refractivity contribution in [2.24, 2.45) is 5.73 Å². The van der Waals surface area contributed by atoms with Crippen molar-refractivity contribution in [1.82, 2.24) is 0 Å². The molecule has 4 heteroatoms. The van der Waals surface area contributed by atoms with E-state index in [0.717, 1.165) is 24.3 Å². The predicted molar refractivity (Wildman–Crippen MR) is 69.7 cm³/mol. The van der Waals surface area contributed by atoms with E-state index in [4.69, 9.17) is 19.9 Å². The lowest BCUT2D eigenvalue weighted by Gasteiger charge is -2.25. The van der Waals surface area contributed by atoms with Crippen molar-refractivity contribution in [3.63, 3.8) is 0 Å². The van der Waals surface area contributed by atoms with E-state index in [0.29, 0.717) is 6.61 Å². The monoisotopic (exact) mass is 251 g/mol. The van der Waals surface area contributed by atoms with Gasteiger partial charge in [-0.25, -0.2) is 0 Å². The molecular formula is C14H21NO3. The zero-order chi connectivity index (χ0) is 13.0. The summed E-state index contributed by atoms with van der Waals surface area (Å²) in [7, 11) is 1.66. The summed E-state index contributed by atoms with van der Waals surface area (Å²) in [6.45, 7) is 3.41. The fourth-order valence-corrected chi connectivity index (χ4v) is 2.13. The van der Waals surface area contributed by atoms with E-state index in [2.05, 4.69) is 0 Å². The van der Waals surface area contributed by atoms with Gasteiger partial charge in [0.05, 0.1) is 25.9 Å². The highest BCUT2D eigenvalue weighted by molar-refractivity contribution is 5.29. The largest absolute Gasteiger partial charge is 0.497 e. The summed E-state index contributed by atoms with van der Waals surface area (Å²) in [6, 6.07) is 7.81. The third kappa shape index (κ3) is 3.22. The minimum absolute atomic E-state index is 0.0565. The maximum absolute atomic E-state index is 6.04. The number of hydrogen-bond donors (Lipinski definition) is 1. The van der Waals surface area contributed by atoms with Gasteiger partial charge < -0.3 is 19.9 Å². The Morgan fingerprint density at radius 1 is 1.33 bits per heavy atom. The normalized spacial score (nSPS) is 22.7. The molecule has 1 aliphatic rings. The van der Waals surface area contributed by atoms with Gasteiger partial charge in [-0.1, -0.05) is 12.1 Å². The molecule has 1 aliphatic heterocycles. The summed E-state index contributed by atoms with van der Waals surface area (Å²) in [4.78, 5) is 0. The molecule has 1 aromatic carbocycles. The molecule has 0 amide bonds. The average Bonchev–Trinajstić information content (AvgIpc) is 2.89. The summed E-state index contributed by atoms with van der Waals surface area (Å²) in [5, 5.41) is 0. The molecule has 1 aromatic rings. The lowest BCUT2D eigenvalue weighted by molar-refractivity contribution is -0.0269. The van der Waals surface area contributed by atoms with Gasteiger partial charge in [0.1, 0.15) is 5.75 Å². The number of nitrogens with two attached hydrogens (primary N) is 1. The highest BCUT2D eigenvalue weighted by Crippen LogP contribution is 2.26. The van der Waals surface area contributed by atoms with Crippen LogP contribution in [0.3, 0.4) is 0 Å². The van der Waals surface area contributed by atoms with E-state index in [1.165, 1.54) is 0 Å². The van der Waals surface area contributed by atoms with Crippen LogP contribution in [0.25, 0.3) is 0 Å². The number of methoxy groups -OCH3 is 1. The minimum atomic E-state index is -0.0948. The predicted octanol–water partition coefficient (Wildman–Crippen LogP) is 1.89. The van der Waals surface area contributed by atoms with E-state index >= 15 is 0 Å². The molecule has 4 nitrogen and oxygen atoms in total. The van der Waals surface area contributed by atoms with Crippen molar-refractivity contribution in [3.8, 4) is 5.75 Å². The second kappa shape index (κ2) is 6.18. The summed E-state index contributed by atoms with van der Waals surface area (Å²) in [5.41, 5.74) is 7.10. The van der Waals surface area contributed by atoms with Crippen LogP contribution >= 0.6 is 0 Å². The number of ether oxygens (including phenoxy) is 3. The van der Waals surface area contributed by atoms with Crippen LogP contribution in [0.15, 0.2) is 24.3 Å². The number of benzene rings is 1. The first-order valence-electron chi connectivity index (χ1n) is 6.33. The third-order valence-electron chi connectivity index (χ3n) is 3.15. The SMILES string of the molecule is COc1ccc(C(OC2CCOC2)C(C)N)cc1. The van der Waals surface area contributed by atoms with E-state index in [-0.39, 0.29) is 18.2 Å². The first kappa shape index (κ1) is 13.3. The second-order valence-electron chi connectivity index (χ2n) is 4.67. The zero-order valence-electron chi connectivity index (χ0n) is 11.0. The number of rotatable bonds is 5. The molecule has 0 bridgehead atoms. The van der Waals surface area contributed by atoms with Gasteiger partial charge in [0.15, 0.2) is 0 Å².